The van der Waals surface area contributed by atoms with Crippen molar-refractivity contribution in [1.82, 2.24) is 10.2 Å². The van der Waals surface area contributed by atoms with Gasteiger partial charge in [-0.2, -0.15) is 0 Å². The normalized spacial score (nSPS) is 21.7. The molecule has 3 amide bonds. The van der Waals surface area contributed by atoms with Crippen LogP contribution in [0.1, 0.15) is 24.0 Å². The number of nitrogens with one attached hydrogen (secondary N) is 1. The molecule has 134 valence electrons. The second-order valence-electron chi connectivity index (χ2n) is 6.58. The number of hydrogen-bond acceptors (Lipinski definition) is 3. The molecule has 1 spiro atoms. The number of urea groups is 1. The minimum absolute atomic E-state index is 0.180. The van der Waals surface area contributed by atoms with E-state index in [2.05, 4.69) is 5.32 Å². The molecule has 1 aliphatic carbocycles. The maximum absolute atomic E-state index is 13.1. The van der Waals surface area contributed by atoms with E-state index in [4.69, 9.17) is 16.3 Å². The zero-order chi connectivity index (χ0) is 18.1. The third-order valence-electron chi connectivity index (χ3n) is 5.06. The van der Waals surface area contributed by atoms with Gasteiger partial charge in [0.1, 0.15) is 17.9 Å². The van der Waals surface area contributed by atoms with Crippen molar-refractivity contribution in [2.24, 2.45) is 0 Å². The average Bonchev–Trinajstić information content (AvgIpc) is 2.88. The van der Waals surface area contributed by atoms with Crippen LogP contribution < -0.4 is 10.1 Å². The van der Waals surface area contributed by atoms with Crippen molar-refractivity contribution in [2.45, 2.75) is 24.8 Å². The number of imide groups is 1. The fraction of sp³-hybridized carbons (Fsp3) is 0.300. The third-order valence-corrected chi connectivity index (χ3v) is 5.37. The fourth-order valence-electron chi connectivity index (χ4n) is 3.82. The molecule has 1 heterocycles. The summed E-state index contributed by atoms with van der Waals surface area (Å²) in [6.07, 6.45) is 2.42. The Hall–Kier alpha value is -2.53. The summed E-state index contributed by atoms with van der Waals surface area (Å²) in [4.78, 5) is 26.9. The number of nitrogens with zero attached hydrogens (tertiary/aromatic N) is 1. The van der Waals surface area contributed by atoms with E-state index in [1.54, 1.807) is 12.1 Å². The standard InChI is InChI=1S/C20H19ClN2O3/c21-16-9-3-4-10-17(16)26-13-12-23-18(24)20(22-19(23)25)11-5-7-14-6-1-2-8-15(14)20/h1-4,6,8-10H,5,7,11-13H2,(H,22,25)/t20-/m0/s1. The van der Waals surface area contributed by atoms with Crippen LogP contribution in [0.15, 0.2) is 48.5 Å². The van der Waals surface area contributed by atoms with E-state index in [9.17, 15) is 9.59 Å². The lowest BCUT2D eigenvalue weighted by atomic mass is 9.76. The number of benzene rings is 2. The van der Waals surface area contributed by atoms with Crippen molar-refractivity contribution < 1.29 is 14.3 Å². The second-order valence-corrected chi connectivity index (χ2v) is 6.99. The Bertz CT molecular complexity index is 870. The topological polar surface area (TPSA) is 58.6 Å². The highest BCUT2D eigenvalue weighted by Gasteiger charge is 2.53. The van der Waals surface area contributed by atoms with Gasteiger partial charge in [-0.15, -0.1) is 0 Å². The van der Waals surface area contributed by atoms with Crippen molar-refractivity contribution in [2.75, 3.05) is 13.2 Å². The predicted molar refractivity (Wildman–Crippen MR) is 98.2 cm³/mol. The number of rotatable bonds is 4. The lowest BCUT2D eigenvalue weighted by molar-refractivity contribution is -0.132. The number of hydrogen-bond donors (Lipinski definition) is 1. The number of fused-ring (bicyclic) bond motifs is 2. The second kappa shape index (κ2) is 6.65. The third kappa shape index (κ3) is 2.72. The number of aryl methyl sites for hydroxylation is 1. The van der Waals surface area contributed by atoms with Gasteiger partial charge in [0.2, 0.25) is 0 Å². The van der Waals surface area contributed by atoms with Gasteiger partial charge < -0.3 is 10.1 Å². The Morgan fingerprint density at radius 3 is 2.73 bits per heavy atom. The highest BCUT2D eigenvalue weighted by Crippen LogP contribution is 2.39. The summed E-state index contributed by atoms with van der Waals surface area (Å²) in [5.74, 6) is 0.344. The van der Waals surface area contributed by atoms with Crippen LogP contribution in [-0.4, -0.2) is 30.0 Å². The molecule has 0 bridgehead atoms. The zero-order valence-electron chi connectivity index (χ0n) is 14.2. The Morgan fingerprint density at radius 2 is 1.88 bits per heavy atom. The van der Waals surface area contributed by atoms with E-state index in [1.807, 2.05) is 36.4 Å². The van der Waals surface area contributed by atoms with Crippen LogP contribution >= 0.6 is 11.6 Å². The van der Waals surface area contributed by atoms with Crippen LogP contribution in [0.5, 0.6) is 5.75 Å². The van der Waals surface area contributed by atoms with Gasteiger partial charge in [-0.05, 0) is 42.5 Å². The largest absolute Gasteiger partial charge is 0.490 e. The predicted octanol–water partition coefficient (Wildman–Crippen LogP) is 3.50. The molecule has 0 saturated carbocycles. The van der Waals surface area contributed by atoms with Gasteiger partial charge in [-0.3, -0.25) is 9.69 Å². The molecule has 2 aliphatic rings. The number of carbonyl (C=O) groups is 2. The molecule has 2 aromatic rings. The van der Waals surface area contributed by atoms with Crippen LogP contribution in [0.2, 0.25) is 5.02 Å². The number of para-hydroxylation sites is 1. The molecule has 26 heavy (non-hydrogen) atoms. The maximum atomic E-state index is 13.1. The highest BCUT2D eigenvalue weighted by atomic mass is 35.5. The van der Waals surface area contributed by atoms with E-state index in [1.165, 1.54) is 4.90 Å². The number of ether oxygens (including phenoxy) is 1. The monoisotopic (exact) mass is 370 g/mol. The first-order chi connectivity index (χ1) is 12.6. The van der Waals surface area contributed by atoms with Crippen LogP contribution in [0.3, 0.4) is 0 Å². The van der Waals surface area contributed by atoms with Gasteiger partial charge in [0.15, 0.2) is 0 Å². The summed E-state index contributed by atoms with van der Waals surface area (Å²) >= 11 is 6.06. The molecule has 0 unspecified atom stereocenters. The fourth-order valence-corrected chi connectivity index (χ4v) is 4.01. The van der Waals surface area contributed by atoms with Crippen molar-refractivity contribution in [3.05, 3.63) is 64.7 Å². The molecule has 0 aromatic heterocycles. The van der Waals surface area contributed by atoms with Gasteiger partial charge in [0.25, 0.3) is 5.91 Å². The molecule has 0 radical (unpaired) electrons. The van der Waals surface area contributed by atoms with Crippen molar-refractivity contribution in [1.29, 1.82) is 0 Å². The quantitative estimate of drug-likeness (QED) is 0.838. The Morgan fingerprint density at radius 1 is 1.12 bits per heavy atom. The molecule has 1 fully saturated rings. The molecule has 4 rings (SSSR count). The number of carbonyl (C=O) groups excluding carboxylic acids is 2. The summed E-state index contributed by atoms with van der Waals surface area (Å²) < 4.78 is 5.63. The smallest absolute Gasteiger partial charge is 0.325 e. The van der Waals surface area contributed by atoms with Gasteiger partial charge in [0.05, 0.1) is 11.6 Å². The summed E-state index contributed by atoms with van der Waals surface area (Å²) in [7, 11) is 0. The first-order valence-corrected chi connectivity index (χ1v) is 9.09. The summed E-state index contributed by atoms with van der Waals surface area (Å²) in [6, 6.07) is 14.6. The highest BCUT2D eigenvalue weighted by molar-refractivity contribution is 6.32. The lowest BCUT2D eigenvalue weighted by Gasteiger charge is -2.33. The van der Waals surface area contributed by atoms with Crippen LogP contribution in [-0.2, 0) is 16.8 Å². The van der Waals surface area contributed by atoms with Crippen LogP contribution in [0.25, 0.3) is 0 Å². The van der Waals surface area contributed by atoms with Gasteiger partial charge >= 0.3 is 6.03 Å². The molecule has 1 aliphatic heterocycles. The molecule has 6 heteroatoms. The van der Waals surface area contributed by atoms with Crippen LogP contribution in [0, 0.1) is 0 Å². The first-order valence-electron chi connectivity index (χ1n) is 8.72. The Balaban J connectivity index is 1.51. The van der Waals surface area contributed by atoms with E-state index >= 15 is 0 Å². The van der Waals surface area contributed by atoms with Gasteiger partial charge in [0, 0.05) is 0 Å². The minimum atomic E-state index is -0.934. The SMILES string of the molecule is O=C1N[C@]2(CCCc3ccccc32)C(=O)N1CCOc1ccccc1Cl. The van der Waals surface area contributed by atoms with Crippen molar-refractivity contribution >= 4 is 23.5 Å². The van der Waals surface area contributed by atoms with E-state index in [0.717, 1.165) is 24.0 Å². The lowest BCUT2D eigenvalue weighted by Crippen LogP contribution is -2.46. The van der Waals surface area contributed by atoms with Gasteiger partial charge in [-0.25, -0.2) is 4.79 Å². The first kappa shape index (κ1) is 16.9. The van der Waals surface area contributed by atoms with Crippen molar-refractivity contribution in [3.8, 4) is 5.75 Å². The molecular weight excluding hydrogens is 352 g/mol. The average molecular weight is 371 g/mol. The Labute approximate surface area is 156 Å². The van der Waals surface area contributed by atoms with E-state index in [-0.39, 0.29) is 25.1 Å². The summed E-state index contributed by atoms with van der Waals surface area (Å²) in [5.41, 5.74) is 1.11. The summed E-state index contributed by atoms with van der Waals surface area (Å²) in [6.45, 7) is 0.375. The van der Waals surface area contributed by atoms with E-state index in [0.29, 0.717) is 17.2 Å². The molecular formula is C20H19ClN2O3. The van der Waals surface area contributed by atoms with Crippen LogP contribution in [0.4, 0.5) is 4.79 Å². The molecule has 1 atom stereocenters. The number of amides is 3. The van der Waals surface area contributed by atoms with E-state index < -0.39 is 5.54 Å². The Kier molecular flexibility index (Phi) is 4.32. The zero-order valence-corrected chi connectivity index (χ0v) is 15.0. The van der Waals surface area contributed by atoms with Crippen molar-refractivity contribution in [3.63, 3.8) is 0 Å². The van der Waals surface area contributed by atoms with Gasteiger partial charge in [-0.1, -0.05) is 48.0 Å². The molecule has 1 saturated heterocycles. The molecule has 1 N–H and O–H groups in total. The minimum Gasteiger partial charge on any atom is -0.490 e. The summed E-state index contributed by atoms with van der Waals surface area (Å²) in [5, 5.41) is 3.44. The molecule has 2 aromatic carbocycles. The number of halogens is 1. The molecule has 5 nitrogen and oxygen atoms in total. The maximum Gasteiger partial charge on any atom is 0.325 e.